The van der Waals surface area contributed by atoms with Crippen molar-refractivity contribution in [2.24, 2.45) is 0 Å². The van der Waals surface area contributed by atoms with Gasteiger partial charge in [0, 0.05) is 28.5 Å². The molecule has 5 nitrogen and oxygen atoms in total. The van der Waals surface area contributed by atoms with E-state index in [0.29, 0.717) is 28.6 Å². The van der Waals surface area contributed by atoms with Crippen LogP contribution in [-0.2, 0) is 0 Å². The maximum atomic E-state index is 9.69. The summed E-state index contributed by atoms with van der Waals surface area (Å²) < 4.78 is 0. The summed E-state index contributed by atoms with van der Waals surface area (Å²) in [6, 6.07) is 43.0. The maximum absolute atomic E-state index is 9.69. The Kier molecular flexibility index (Phi) is 5.32. The maximum Gasteiger partial charge on any atom is 0.164 e. The Morgan fingerprint density at radius 2 is 0.810 bits per heavy atom. The highest BCUT2D eigenvalue weighted by atomic mass is 15.0. The van der Waals surface area contributed by atoms with Crippen LogP contribution in [0.5, 0.6) is 0 Å². The molecule has 0 spiro atoms. The largest absolute Gasteiger partial charge is 0.208 e. The van der Waals surface area contributed by atoms with Crippen molar-refractivity contribution in [1.29, 1.82) is 10.5 Å². The molecule has 2 atom stereocenters. The van der Waals surface area contributed by atoms with E-state index < -0.39 is 0 Å². The molecule has 42 heavy (non-hydrogen) atoms. The zero-order valence-electron chi connectivity index (χ0n) is 22.4. The number of rotatable bonds is 3. The Bertz CT molecular complexity index is 2060. The highest BCUT2D eigenvalue weighted by molar-refractivity contribution is 5.73. The third-order valence-electron chi connectivity index (χ3n) is 8.34. The van der Waals surface area contributed by atoms with Gasteiger partial charge in [-0.05, 0) is 63.7 Å². The number of benzene rings is 5. The van der Waals surface area contributed by atoms with E-state index in [1.54, 1.807) is 0 Å². The van der Waals surface area contributed by atoms with Crippen LogP contribution >= 0.6 is 0 Å². The molecule has 0 saturated carbocycles. The second-order valence-corrected chi connectivity index (χ2v) is 10.7. The quantitative estimate of drug-likeness (QED) is 0.232. The number of nitrogens with zero attached hydrogens (tertiary/aromatic N) is 5. The van der Waals surface area contributed by atoms with Crippen LogP contribution in [0.2, 0.25) is 0 Å². The van der Waals surface area contributed by atoms with Gasteiger partial charge in [-0.2, -0.15) is 10.5 Å². The summed E-state index contributed by atoms with van der Waals surface area (Å²) in [4.78, 5) is 14.7. The number of aromatic nitrogens is 3. The Labute approximate surface area is 243 Å². The molecule has 1 aromatic heterocycles. The van der Waals surface area contributed by atoms with Crippen molar-refractivity contribution in [3.05, 3.63) is 160 Å². The lowest BCUT2D eigenvalue weighted by Gasteiger charge is -2.42. The van der Waals surface area contributed by atoms with Crippen molar-refractivity contribution in [2.75, 3.05) is 0 Å². The normalized spacial score (nSPS) is 15.6. The molecule has 194 valence electrons. The van der Waals surface area contributed by atoms with Crippen LogP contribution in [0.3, 0.4) is 0 Å². The average molecular weight is 536 g/mol. The van der Waals surface area contributed by atoms with E-state index in [0.717, 1.165) is 27.8 Å². The van der Waals surface area contributed by atoms with E-state index >= 15 is 0 Å². The first kappa shape index (κ1) is 23.9. The molecular formula is C37H21N5. The second-order valence-electron chi connectivity index (χ2n) is 10.7. The van der Waals surface area contributed by atoms with Crippen molar-refractivity contribution in [2.45, 2.75) is 11.8 Å². The summed E-state index contributed by atoms with van der Waals surface area (Å²) in [6.45, 7) is 0. The molecule has 1 heterocycles. The predicted molar refractivity (Wildman–Crippen MR) is 160 cm³/mol. The average Bonchev–Trinajstić information content (AvgIpc) is 3.07. The molecule has 9 rings (SSSR count). The van der Waals surface area contributed by atoms with Gasteiger partial charge in [0.1, 0.15) is 0 Å². The molecule has 5 heteroatoms. The third kappa shape index (κ3) is 3.65. The predicted octanol–water partition coefficient (Wildman–Crippen LogP) is 7.60. The van der Waals surface area contributed by atoms with Crippen LogP contribution in [0.1, 0.15) is 56.3 Å². The molecule has 5 aromatic carbocycles. The first-order valence-electron chi connectivity index (χ1n) is 13.8. The minimum absolute atomic E-state index is 0.0109. The fraction of sp³-hybridized carbons (Fsp3) is 0.0541. The zero-order chi connectivity index (χ0) is 28.2. The van der Waals surface area contributed by atoms with Crippen molar-refractivity contribution in [1.82, 2.24) is 15.0 Å². The molecule has 0 aliphatic heterocycles. The van der Waals surface area contributed by atoms with Gasteiger partial charge in [-0.25, -0.2) is 15.0 Å². The molecule has 2 bridgehead atoms. The van der Waals surface area contributed by atoms with E-state index in [2.05, 4.69) is 42.5 Å². The van der Waals surface area contributed by atoms with Crippen molar-refractivity contribution >= 4 is 0 Å². The van der Waals surface area contributed by atoms with Crippen LogP contribution in [-0.4, -0.2) is 15.0 Å². The number of hydrogen-bond donors (Lipinski definition) is 0. The van der Waals surface area contributed by atoms with Gasteiger partial charge in [0.2, 0.25) is 0 Å². The highest BCUT2D eigenvalue weighted by Crippen LogP contribution is 2.56. The summed E-state index contributed by atoms with van der Waals surface area (Å²) in [5.74, 6) is 1.79. The second kappa shape index (κ2) is 9.34. The van der Waals surface area contributed by atoms with Crippen molar-refractivity contribution in [3.63, 3.8) is 0 Å². The Morgan fingerprint density at radius 3 is 1.29 bits per heavy atom. The minimum Gasteiger partial charge on any atom is -0.208 e. The fourth-order valence-electron chi connectivity index (χ4n) is 6.48. The lowest BCUT2D eigenvalue weighted by atomic mass is 9.60. The molecule has 0 radical (unpaired) electrons. The highest BCUT2D eigenvalue weighted by Gasteiger charge is 2.41. The number of hydrogen-bond acceptors (Lipinski definition) is 5. The summed E-state index contributed by atoms with van der Waals surface area (Å²) in [6.07, 6.45) is 0. The smallest absolute Gasteiger partial charge is 0.164 e. The molecule has 3 aliphatic rings. The van der Waals surface area contributed by atoms with E-state index in [9.17, 15) is 10.5 Å². The Balaban J connectivity index is 1.33. The molecule has 6 aromatic rings. The molecule has 2 unspecified atom stereocenters. The van der Waals surface area contributed by atoms with Gasteiger partial charge in [-0.1, -0.05) is 84.9 Å². The number of nitriles is 2. The monoisotopic (exact) mass is 535 g/mol. The van der Waals surface area contributed by atoms with E-state index in [4.69, 9.17) is 15.0 Å². The van der Waals surface area contributed by atoms with Crippen LogP contribution < -0.4 is 0 Å². The fourth-order valence-corrected chi connectivity index (χ4v) is 6.48. The van der Waals surface area contributed by atoms with Crippen LogP contribution in [0, 0.1) is 22.7 Å². The lowest BCUT2D eigenvalue weighted by molar-refractivity contribution is 0.753. The van der Waals surface area contributed by atoms with Gasteiger partial charge in [-0.3, -0.25) is 0 Å². The van der Waals surface area contributed by atoms with Crippen LogP contribution in [0.4, 0.5) is 0 Å². The minimum atomic E-state index is -0.0555. The van der Waals surface area contributed by atoms with Gasteiger partial charge in [0.05, 0.1) is 23.3 Å². The first-order chi connectivity index (χ1) is 20.7. The van der Waals surface area contributed by atoms with Crippen molar-refractivity contribution < 1.29 is 0 Å². The van der Waals surface area contributed by atoms with Crippen LogP contribution in [0.25, 0.3) is 34.2 Å². The summed E-state index contributed by atoms with van der Waals surface area (Å²) in [5.41, 5.74) is 11.1. The first-order valence-corrected chi connectivity index (χ1v) is 13.8. The van der Waals surface area contributed by atoms with Crippen LogP contribution in [0.15, 0.2) is 115 Å². The topological polar surface area (TPSA) is 86.2 Å². The summed E-state index contributed by atoms with van der Waals surface area (Å²) in [5, 5.41) is 19.3. The van der Waals surface area contributed by atoms with E-state index in [1.807, 2.05) is 84.9 Å². The molecule has 0 fully saturated rings. The Hall–Kier alpha value is -5.91. The lowest BCUT2D eigenvalue weighted by Crippen LogP contribution is -2.27. The molecular weight excluding hydrogens is 514 g/mol. The van der Waals surface area contributed by atoms with Crippen molar-refractivity contribution in [3.8, 4) is 46.3 Å². The van der Waals surface area contributed by atoms with Gasteiger partial charge in [0.25, 0.3) is 0 Å². The summed E-state index contributed by atoms with van der Waals surface area (Å²) >= 11 is 0. The molecule has 0 saturated heterocycles. The Morgan fingerprint density at radius 1 is 0.405 bits per heavy atom. The van der Waals surface area contributed by atoms with Gasteiger partial charge in [-0.15, -0.1) is 0 Å². The molecule has 0 N–H and O–H groups in total. The van der Waals surface area contributed by atoms with Gasteiger partial charge >= 0.3 is 0 Å². The molecule has 0 amide bonds. The van der Waals surface area contributed by atoms with E-state index in [-0.39, 0.29) is 11.8 Å². The summed E-state index contributed by atoms with van der Waals surface area (Å²) in [7, 11) is 0. The van der Waals surface area contributed by atoms with E-state index in [1.165, 1.54) is 22.3 Å². The SMILES string of the molecule is N#Cc1ccc2c(c1)C1c3ccc(C#N)cc3C2c2cc(-c3nc(-c4ccccc4)nc(-c4ccccc4)n3)ccc21. The van der Waals surface area contributed by atoms with Gasteiger partial charge in [0.15, 0.2) is 17.5 Å². The standard InChI is InChI=1S/C37H21N5/c38-20-22-12-15-28-30(17-22)33-27-14-11-23(21-39)18-31(27)34(28)32-19-26(13-16-29(32)33)37-41-35(24-7-3-1-4-8-24)40-36(42-37)25-9-5-2-6-10-25/h1-19,33-34H. The zero-order valence-corrected chi connectivity index (χ0v) is 22.4. The molecule has 3 aliphatic carbocycles. The van der Waals surface area contributed by atoms with Gasteiger partial charge < -0.3 is 0 Å². The third-order valence-corrected chi connectivity index (χ3v) is 8.34.